The highest BCUT2D eigenvalue weighted by molar-refractivity contribution is 7.91. The van der Waals surface area contributed by atoms with Gasteiger partial charge in [0.1, 0.15) is 4.21 Å². The van der Waals surface area contributed by atoms with Crippen LogP contribution in [0.5, 0.6) is 0 Å². The van der Waals surface area contributed by atoms with Gasteiger partial charge in [0.05, 0.1) is 12.2 Å². The summed E-state index contributed by atoms with van der Waals surface area (Å²) in [7, 11) is -3.51. The monoisotopic (exact) mass is 353 g/mol. The van der Waals surface area contributed by atoms with Crippen LogP contribution in [0, 0.1) is 6.92 Å². The molecule has 0 saturated carbocycles. The van der Waals surface area contributed by atoms with Crippen LogP contribution in [0.1, 0.15) is 29.0 Å². The minimum Gasteiger partial charge on any atom is -0.268 e. The first-order chi connectivity index (χ1) is 11.0. The molecule has 1 aliphatic rings. The van der Waals surface area contributed by atoms with Crippen LogP contribution in [0.2, 0.25) is 0 Å². The summed E-state index contributed by atoms with van der Waals surface area (Å²) in [4.78, 5) is 13.0. The second-order valence-corrected chi connectivity index (χ2v) is 8.93. The molecule has 0 saturated heterocycles. The van der Waals surface area contributed by atoms with Gasteiger partial charge in [0.15, 0.2) is 0 Å². The van der Waals surface area contributed by atoms with Crippen LogP contribution < -0.4 is 10.3 Å². The first kappa shape index (κ1) is 16.4. The van der Waals surface area contributed by atoms with Gasteiger partial charge in [0.2, 0.25) is 10.0 Å². The van der Waals surface area contributed by atoms with Crippen LogP contribution in [-0.4, -0.2) is 24.7 Å². The van der Waals surface area contributed by atoms with Crippen LogP contribution in [0.3, 0.4) is 0 Å². The molecule has 2 aromatic rings. The molecule has 0 aliphatic heterocycles. The average molecular weight is 353 g/mol. The Kier molecular flexibility index (Phi) is 4.65. The Hall–Kier alpha value is -1.51. The molecule has 3 rings (SSSR count). The third-order valence-corrected chi connectivity index (χ3v) is 6.82. The Morgan fingerprint density at radius 2 is 2.09 bits per heavy atom. The quantitative estimate of drug-likeness (QED) is 0.883. The molecule has 0 radical (unpaired) electrons. The van der Waals surface area contributed by atoms with Crippen LogP contribution in [-0.2, 0) is 29.4 Å². The van der Waals surface area contributed by atoms with Crippen LogP contribution in [0.4, 0.5) is 0 Å². The number of fused-ring (bicyclic) bond motifs is 1. The largest absolute Gasteiger partial charge is 0.268 e. The summed E-state index contributed by atoms with van der Waals surface area (Å²) in [5, 5.41) is 4.38. The highest BCUT2D eigenvalue weighted by atomic mass is 32.2. The summed E-state index contributed by atoms with van der Waals surface area (Å²) >= 11 is 1.23. The molecule has 6 nitrogen and oxygen atoms in total. The number of nitrogens with one attached hydrogen (secondary N) is 1. The number of aryl methyl sites for hydroxylation is 3. The zero-order valence-electron chi connectivity index (χ0n) is 12.9. The van der Waals surface area contributed by atoms with E-state index in [1.165, 1.54) is 16.0 Å². The Balaban J connectivity index is 1.68. The number of hydrogen-bond donors (Lipinski definition) is 1. The molecule has 2 heterocycles. The number of rotatable bonds is 5. The van der Waals surface area contributed by atoms with Crippen molar-refractivity contribution in [3.8, 4) is 0 Å². The van der Waals surface area contributed by atoms with Crippen molar-refractivity contribution in [3.05, 3.63) is 44.7 Å². The van der Waals surface area contributed by atoms with E-state index < -0.39 is 10.0 Å². The van der Waals surface area contributed by atoms with Gasteiger partial charge in [0.25, 0.3) is 5.56 Å². The number of sulfonamides is 1. The van der Waals surface area contributed by atoms with Gasteiger partial charge in [0, 0.05) is 17.5 Å². The molecule has 0 fully saturated rings. The van der Waals surface area contributed by atoms with Gasteiger partial charge in [-0.1, -0.05) is 0 Å². The third-order valence-electron chi connectivity index (χ3n) is 3.87. The second kappa shape index (κ2) is 6.54. The first-order valence-corrected chi connectivity index (χ1v) is 9.92. The van der Waals surface area contributed by atoms with Gasteiger partial charge >= 0.3 is 0 Å². The van der Waals surface area contributed by atoms with E-state index in [9.17, 15) is 13.2 Å². The molecule has 0 unspecified atom stereocenters. The average Bonchev–Trinajstić information content (AvgIpc) is 2.95. The van der Waals surface area contributed by atoms with Gasteiger partial charge < -0.3 is 0 Å². The van der Waals surface area contributed by atoms with Crippen molar-refractivity contribution in [3.63, 3.8) is 0 Å². The summed E-state index contributed by atoms with van der Waals surface area (Å²) in [5.74, 6) is 0. The van der Waals surface area contributed by atoms with Crippen molar-refractivity contribution in [2.75, 3.05) is 6.54 Å². The van der Waals surface area contributed by atoms with Crippen LogP contribution >= 0.6 is 11.3 Å². The highest BCUT2D eigenvalue weighted by Gasteiger charge is 2.16. The number of aromatic nitrogens is 2. The standard InChI is InChI=1S/C15H19N3O3S2/c1-11-6-7-15(22-11)23(20,21)16-8-9-18-14(19)10-12-4-2-3-5-13(12)17-18/h6-7,10,16H,2-5,8-9H2,1H3. The minimum atomic E-state index is -3.51. The normalized spacial score (nSPS) is 14.7. The smallest absolute Gasteiger partial charge is 0.267 e. The van der Waals surface area contributed by atoms with E-state index in [1.54, 1.807) is 18.2 Å². The first-order valence-electron chi connectivity index (χ1n) is 7.62. The predicted octanol–water partition coefficient (Wildman–Crippen LogP) is 1.47. The van der Waals surface area contributed by atoms with Gasteiger partial charge in [-0.05, 0) is 50.3 Å². The molecule has 124 valence electrons. The lowest BCUT2D eigenvalue weighted by Gasteiger charge is -2.15. The predicted molar refractivity (Wildman–Crippen MR) is 89.4 cm³/mol. The fourth-order valence-corrected chi connectivity index (χ4v) is 5.02. The molecule has 0 atom stereocenters. The molecule has 0 amide bonds. The molecule has 1 aliphatic carbocycles. The molecule has 8 heteroatoms. The van der Waals surface area contributed by atoms with E-state index in [0.717, 1.165) is 41.8 Å². The Morgan fingerprint density at radius 1 is 1.30 bits per heavy atom. The highest BCUT2D eigenvalue weighted by Crippen LogP contribution is 2.20. The Bertz CT molecular complexity index is 868. The van der Waals surface area contributed by atoms with Crippen molar-refractivity contribution in [2.45, 2.75) is 43.4 Å². The van der Waals surface area contributed by atoms with Crippen molar-refractivity contribution in [1.29, 1.82) is 0 Å². The molecule has 0 bridgehead atoms. The molecule has 1 N–H and O–H groups in total. The van der Waals surface area contributed by atoms with E-state index in [2.05, 4.69) is 9.82 Å². The third kappa shape index (κ3) is 3.70. The molecule has 2 aromatic heterocycles. The van der Waals surface area contributed by atoms with Crippen molar-refractivity contribution in [2.24, 2.45) is 0 Å². The SMILES string of the molecule is Cc1ccc(S(=O)(=O)NCCn2nc3c(cc2=O)CCCC3)s1. The summed E-state index contributed by atoms with van der Waals surface area (Å²) in [6, 6.07) is 5.00. The van der Waals surface area contributed by atoms with E-state index in [4.69, 9.17) is 0 Å². The maximum Gasteiger partial charge on any atom is 0.267 e. The number of hydrogen-bond acceptors (Lipinski definition) is 5. The van der Waals surface area contributed by atoms with Gasteiger partial charge in [-0.25, -0.2) is 17.8 Å². The topological polar surface area (TPSA) is 81.1 Å². The van der Waals surface area contributed by atoms with Crippen LogP contribution in [0.15, 0.2) is 27.2 Å². The van der Waals surface area contributed by atoms with Gasteiger partial charge in [-0.2, -0.15) is 5.10 Å². The van der Waals surface area contributed by atoms with E-state index in [1.807, 2.05) is 6.92 Å². The Morgan fingerprint density at radius 3 is 2.83 bits per heavy atom. The lowest BCUT2D eigenvalue weighted by atomic mass is 9.97. The second-order valence-electron chi connectivity index (χ2n) is 5.65. The maximum absolute atomic E-state index is 12.1. The van der Waals surface area contributed by atoms with E-state index in [0.29, 0.717) is 4.21 Å². The Labute approximate surface area is 139 Å². The summed E-state index contributed by atoms with van der Waals surface area (Å²) in [6.45, 7) is 2.24. The van der Waals surface area contributed by atoms with Crippen molar-refractivity contribution < 1.29 is 8.42 Å². The van der Waals surface area contributed by atoms with E-state index >= 15 is 0 Å². The summed E-state index contributed by atoms with van der Waals surface area (Å²) < 4.78 is 28.5. The maximum atomic E-state index is 12.1. The zero-order chi connectivity index (χ0) is 16.4. The zero-order valence-corrected chi connectivity index (χ0v) is 14.5. The molecule has 0 spiro atoms. The summed E-state index contributed by atoms with van der Waals surface area (Å²) in [6.07, 6.45) is 3.97. The number of nitrogens with zero attached hydrogens (tertiary/aromatic N) is 2. The van der Waals surface area contributed by atoms with Gasteiger partial charge in [-0.3, -0.25) is 4.79 Å². The van der Waals surface area contributed by atoms with Crippen LogP contribution in [0.25, 0.3) is 0 Å². The summed E-state index contributed by atoms with van der Waals surface area (Å²) in [5.41, 5.74) is 1.83. The van der Waals surface area contributed by atoms with Crippen molar-refractivity contribution >= 4 is 21.4 Å². The fraction of sp³-hybridized carbons (Fsp3) is 0.467. The molecular weight excluding hydrogens is 334 g/mol. The van der Waals surface area contributed by atoms with E-state index in [-0.39, 0.29) is 18.6 Å². The lowest BCUT2D eigenvalue weighted by Crippen LogP contribution is -2.33. The fourth-order valence-electron chi connectivity index (χ4n) is 2.67. The van der Waals surface area contributed by atoms with Gasteiger partial charge in [-0.15, -0.1) is 11.3 Å². The molecular formula is C15H19N3O3S2. The molecule has 23 heavy (non-hydrogen) atoms. The molecule has 0 aromatic carbocycles. The number of thiophene rings is 1. The van der Waals surface area contributed by atoms with Crippen molar-refractivity contribution in [1.82, 2.24) is 14.5 Å². The lowest BCUT2D eigenvalue weighted by molar-refractivity contribution is 0.527. The minimum absolute atomic E-state index is 0.144.